The second kappa shape index (κ2) is 5.29. The zero-order valence-electron chi connectivity index (χ0n) is 11.5. The van der Waals surface area contributed by atoms with E-state index < -0.39 is 5.91 Å². The van der Waals surface area contributed by atoms with E-state index in [-0.39, 0.29) is 11.8 Å². The third-order valence-corrected chi connectivity index (χ3v) is 3.39. The number of carbonyl (C=O) groups is 3. The first-order valence-corrected chi connectivity index (χ1v) is 6.63. The van der Waals surface area contributed by atoms with Crippen molar-refractivity contribution in [1.29, 1.82) is 0 Å². The molecule has 3 amide bonds. The lowest BCUT2D eigenvalue weighted by molar-refractivity contribution is -0.113. The summed E-state index contributed by atoms with van der Waals surface area (Å²) in [5.74, 6) is -1.20. The minimum Gasteiger partial charge on any atom is -0.366 e. The van der Waals surface area contributed by atoms with Crippen molar-refractivity contribution in [2.75, 3.05) is 4.90 Å². The molecule has 108 valence electrons. The average Bonchev–Trinajstić information content (AvgIpc) is 2.78. The van der Waals surface area contributed by atoms with Gasteiger partial charge in [0.15, 0.2) is 0 Å². The summed E-state index contributed by atoms with van der Waals surface area (Å²) < 4.78 is 0. The average molecular weight is 292 g/mol. The minimum atomic E-state index is -0.538. The summed E-state index contributed by atoms with van der Waals surface area (Å²) in [6.07, 6.45) is 2.81. The summed E-state index contributed by atoms with van der Waals surface area (Å²) in [6, 6.07) is 13.5. The van der Waals surface area contributed by atoms with E-state index >= 15 is 0 Å². The predicted molar refractivity (Wildman–Crippen MR) is 82.3 cm³/mol. The Balaban J connectivity index is 1.91. The molecule has 22 heavy (non-hydrogen) atoms. The molecule has 1 heterocycles. The van der Waals surface area contributed by atoms with E-state index in [4.69, 9.17) is 5.73 Å². The Morgan fingerprint density at radius 2 is 1.45 bits per heavy atom. The zero-order chi connectivity index (χ0) is 15.7. The van der Waals surface area contributed by atoms with Gasteiger partial charge in [-0.2, -0.15) is 0 Å². The molecule has 1 aliphatic heterocycles. The number of nitrogens with two attached hydrogens (primary N) is 1. The van der Waals surface area contributed by atoms with E-state index in [1.807, 2.05) is 0 Å². The van der Waals surface area contributed by atoms with Crippen molar-refractivity contribution in [3.05, 3.63) is 71.3 Å². The molecule has 1 aliphatic rings. The number of hydrogen-bond donors (Lipinski definition) is 1. The number of fused-ring (bicyclic) bond motifs is 1. The lowest BCUT2D eigenvalue weighted by Gasteiger charge is -2.13. The Morgan fingerprint density at radius 3 is 1.95 bits per heavy atom. The maximum absolute atomic E-state index is 12.3. The molecule has 5 heteroatoms. The van der Waals surface area contributed by atoms with Crippen molar-refractivity contribution in [2.24, 2.45) is 5.73 Å². The number of anilines is 1. The highest BCUT2D eigenvalue weighted by Gasteiger charge is 2.36. The fourth-order valence-electron chi connectivity index (χ4n) is 2.34. The van der Waals surface area contributed by atoms with E-state index in [2.05, 4.69) is 0 Å². The van der Waals surface area contributed by atoms with Crippen molar-refractivity contribution in [2.45, 2.75) is 0 Å². The highest BCUT2D eigenvalue weighted by Crippen LogP contribution is 2.28. The van der Waals surface area contributed by atoms with Gasteiger partial charge in [0.05, 0.1) is 16.8 Å². The first-order valence-electron chi connectivity index (χ1n) is 6.63. The van der Waals surface area contributed by atoms with Crippen molar-refractivity contribution in [3.63, 3.8) is 0 Å². The number of hydrogen-bond acceptors (Lipinski definition) is 3. The predicted octanol–water partition coefficient (Wildman–Crippen LogP) is 1.99. The van der Waals surface area contributed by atoms with Crippen molar-refractivity contribution < 1.29 is 14.4 Å². The summed E-state index contributed by atoms with van der Waals surface area (Å²) in [7, 11) is 0. The molecule has 0 aliphatic carbocycles. The normalized spacial score (nSPS) is 13.7. The van der Waals surface area contributed by atoms with Crippen LogP contribution in [0.25, 0.3) is 6.08 Å². The second-order valence-corrected chi connectivity index (χ2v) is 4.82. The van der Waals surface area contributed by atoms with Crippen LogP contribution in [0.2, 0.25) is 0 Å². The number of amides is 3. The van der Waals surface area contributed by atoms with Gasteiger partial charge in [-0.1, -0.05) is 24.3 Å². The molecule has 0 aromatic heterocycles. The molecular weight excluding hydrogens is 280 g/mol. The molecule has 0 radical (unpaired) electrons. The Morgan fingerprint density at radius 1 is 0.909 bits per heavy atom. The largest absolute Gasteiger partial charge is 0.366 e. The Bertz CT molecular complexity index is 772. The smallest absolute Gasteiger partial charge is 0.266 e. The number of nitrogens with zero attached hydrogens (tertiary/aromatic N) is 1. The van der Waals surface area contributed by atoms with Gasteiger partial charge in [-0.05, 0) is 35.9 Å². The van der Waals surface area contributed by atoms with E-state index in [1.165, 1.54) is 6.08 Å². The SMILES string of the molecule is NC(=O)/C=C/c1ccc(N2C(=O)c3ccccc3C2=O)cc1. The van der Waals surface area contributed by atoms with E-state index in [1.54, 1.807) is 54.6 Å². The van der Waals surface area contributed by atoms with Gasteiger partial charge >= 0.3 is 0 Å². The molecule has 0 fully saturated rings. The van der Waals surface area contributed by atoms with Crippen molar-refractivity contribution >= 4 is 29.5 Å². The molecule has 2 N–H and O–H groups in total. The van der Waals surface area contributed by atoms with Crippen LogP contribution in [0.3, 0.4) is 0 Å². The quantitative estimate of drug-likeness (QED) is 0.694. The molecule has 0 spiro atoms. The molecule has 0 bridgehead atoms. The third kappa shape index (κ3) is 2.29. The molecule has 2 aromatic rings. The van der Waals surface area contributed by atoms with Gasteiger partial charge in [-0.3, -0.25) is 14.4 Å². The minimum absolute atomic E-state index is 0.332. The maximum Gasteiger partial charge on any atom is 0.266 e. The van der Waals surface area contributed by atoms with Crippen LogP contribution in [0.1, 0.15) is 26.3 Å². The standard InChI is InChI=1S/C17H12N2O3/c18-15(20)10-7-11-5-8-12(9-6-11)19-16(21)13-3-1-2-4-14(13)17(19)22/h1-10H,(H2,18,20)/b10-7+. The lowest BCUT2D eigenvalue weighted by atomic mass is 10.1. The molecule has 2 aromatic carbocycles. The monoisotopic (exact) mass is 292 g/mol. The molecule has 0 saturated carbocycles. The Labute approximate surface area is 126 Å². The van der Waals surface area contributed by atoms with E-state index in [0.717, 1.165) is 10.5 Å². The second-order valence-electron chi connectivity index (χ2n) is 4.82. The fraction of sp³-hybridized carbons (Fsp3) is 0. The van der Waals surface area contributed by atoms with E-state index in [0.29, 0.717) is 16.8 Å². The number of benzene rings is 2. The van der Waals surface area contributed by atoms with Crippen LogP contribution >= 0.6 is 0 Å². The Kier molecular flexibility index (Phi) is 3.31. The number of imide groups is 1. The van der Waals surface area contributed by atoms with Crippen molar-refractivity contribution in [3.8, 4) is 0 Å². The van der Waals surface area contributed by atoms with Crippen LogP contribution in [0, 0.1) is 0 Å². The molecule has 0 atom stereocenters. The summed E-state index contributed by atoms with van der Waals surface area (Å²) in [6.45, 7) is 0. The molecule has 0 saturated heterocycles. The van der Waals surface area contributed by atoms with Crippen LogP contribution in [0.4, 0.5) is 5.69 Å². The maximum atomic E-state index is 12.3. The van der Waals surface area contributed by atoms with Gasteiger partial charge in [-0.15, -0.1) is 0 Å². The topological polar surface area (TPSA) is 80.5 Å². The lowest BCUT2D eigenvalue weighted by Crippen LogP contribution is -2.29. The summed E-state index contributed by atoms with van der Waals surface area (Å²) in [5.41, 5.74) is 7.08. The van der Waals surface area contributed by atoms with Gasteiger partial charge in [0, 0.05) is 6.08 Å². The van der Waals surface area contributed by atoms with Gasteiger partial charge in [0.25, 0.3) is 11.8 Å². The molecule has 3 rings (SSSR count). The Hall–Kier alpha value is -3.21. The fourth-order valence-corrected chi connectivity index (χ4v) is 2.34. The highest BCUT2D eigenvalue weighted by molar-refractivity contribution is 6.34. The molecular formula is C17H12N2O3. The van der Waals surface area contributed by atoms with Gasteiger partial charge in [0.2, 0.25) is 5.91 Å². The highest BCUT2D eigenvalue weighted by atomic mass is 16.2. The first-order chi connectivity index (χ1) is 10.6. The van der Waals surface area contributed by atoms with E-state index in [9.17, 15) is 14.4 Å². The third-order valence-electron chi connectivity index (χ3n) is 3.39. The van der Waals surface area contributed by atoms with Gasteiger partial charge in [-0.25, -0.2) is 4.90 Å². The first kappa shape index (κ1) is 13.8. The number of primary amides is 1. The van der Waals surface area contributed by atoms with Crippen molar-refractivity contribution in [1.82, 2.24) is 0 Å². The van der Waals surface area contributed by atoms with Crippen LogP contribution in [-0.4, -0.2) is 17.7 Å². The number of carbonyl (C=O) groups excluding carboxylic acids is 3. The van der Waals surface area contributed by atoms with Crippen LogP contribution in [-0.2, 0) is 4.79 Å². The summed E-state index contributed by atoms with van der Waals surface area (Å²) >= 11 is 0. The van der Waals surface area contributed by atoms with Crippen LogP contribution in [0.5, 0.6) is 0 Å². The zero-order valence-corrected chi connectivity index (χ0v) is 11.5. The number of rotatable bonds is 3. The summed E-state index contributed by atoms with van der Waals surface area (Å²) in [4.78, 5) is 36.5. The van der Waals surface area contributed by atoms with Gasteiger partial charge < -0.3 is 5.73 Å². The van der Waals surface area contributed by atoms with Crippen LogP contribution in [0.15, 0.2) is 54.6 Å². The van der Waals surface area contributed by atoms with Gasteiger partial charge in [0.1, 0.15) is 0 Å². The molecule has 0 unspecified atom stereocenters. The molecule has 5 nitrogen and oxygen atoms in total. The van der Waals surface area contributed by atoms with Crippen LogP contribution < -0.4 is 10.6 Å². The summed E-state index contributed by atoms with van der Waals surface area (Å²) in [5, 5.41) is 0.